The van der Waals surface area contributed by atoms with Gasteiger partial charge in [0.05, 0.1) is 7.11 Å². The molecule has 0 radical (unpaired) electrons. The fourth-order valence-electron chi connectivity index (χ4n) is 2.57. The molecule has 21 heavy (non-hydrogen) atoms. The van der Waals surface area contributed by atoms with Crippen LogP contribution in [0.25, 0.3) is 0 Å². The number of hydrogen-bond acceptors (Lipinski definition) is 3. The first-order valence-corrected chi connectivity index (χ1v) is 6.45. The molecular formula is C14H17F3N2O2. The van der Waals surface area contributed by atoms with Crippen LogP contribution in [0.5, 0.6) is 5.75 Å². The topological polar surface area (TPSA) is 41.6 Å². The Morgan fingerprint density at radius 3 is 2.43 bits per heavy atom. The largest absolute Gasteiger partial charge is 0.496 e. The van der Waals surface area contributed by atoms with Crippen LogP contribution in [-0.4, -0.2) is 29.7 Å². The Labute approximate surface area is 120 Å². The second kappa shape index (κ2) is 5.22. The Bertz CT molecular complexity index is 543. The highest BCUT2D eigenvalue weighted by Gasteiger charge is 2.53. The molecule has 0 spiro atoms. The molecule has 1 aromatic carbocycles. The molecule has 7 heteroatoms. The molecule has 0 bridgehead atoms. The van der Waals surface area contributed by atoms with Crippen molar-refractivity contribution in [1.82, 2.24) is 10.4 Å². The molecule has 1 aliphatic rings. The Morgan fingerprint density at radius 1 is 1.33 bits per heavy atom. The van der Waals surface area contributed by atoms with Gasteiger partial charge in [0.2, 0.25) is 5.91 Å². The third kappa shape index (κ3) is 2.97. The fraction of sp³-hybridized carbons (Fsp3) is 0.500. The number of halogens is 3. The van der Waals surface area contributed by atoms with E-state index < -0.39 is 23.7 Å². The van der Waals surface area contributed by atoms with Crippen LogP contribution in [0, 0.1) is 0 Å². The quantitative estimate of drug-likeness (QED) is 0.933. The second-order valence-electron chi connectivity index (χ2n) is 5.58. The van der Waals surface area contributed by atoms with Crippen molar-refractivity contribution in [3.8, 4) is 5.75 Å². The van der Waals surface area contributed by atoms with E-state index in [-0.39, 0.29) is 17.7 Å². The van der Waals surface area contributed by atoms with Crippen molar-refractivity contribution in [1.29, 1.82) is 0 Å². The molecule has 1 heterocycles. The number of carbonyl (C=O) groups is 1. The number of carbonyl (C=O) groups excluding carboxylic acids is 1. The third-order valence-corrected chi connectivity index (χ3v) is 3.49. The Morgan fingerprint density at radius 2 is 1.95 bits per heavy atom. The maximum atomic E-state index is 13.6. The number of nitrogens with zero attached hydrogens (tertiary/aromatic N) is 1. The Balaban J connectivity index is 2.53. The molecule has 1 fully saturated rings. The molecule has 1 unspecified atom stereocenters. The lowest BCUT2D eigenvalue weighted by atomic mass is 9.96. The summed E-state index contributed by atoms with van der Waals surface area (Å²) in [6.07, 6.45) is -4.54. The van der Waals surface area contributed by atoms with Gasteiger partial charge >= 0.3 is 6.18 Å². The first kappa shape index (κ1) is 15.6. The van der Waals surface area contributed by atoms with Crippen LogP contribution in [0.2, 0.25) is 0 Å². The van der Waals surface area contributed by atoms with E-state index in [9.17, 15) is 18.0 Å². The van der Waals surface area contributed by atoms with Crippen molar-refractivity contribution in [2.45, 2.75) is 38.0 Å². The van der Waals surface area contributed by atoms with Gasteiger partial charge in [-0.25, -0.2) is 0 Å². The molecule has 0 aromatic heterocycles. The number of benzene rings is 1. The highest BCUT2D eigenvalue weighted by atomic mass is 19.4. The summed E-state index contributed by atoms with van der Waals surface area (Å²) < 4.78 is 45.8. The van der Waals surface area contributed by atoms with Gasteiger partial charge in [0.25, 0.3) is 0 Å². The van der Waals surface area contributed by atoms with E-state index >= 15 is 0 Å². The van der Waals surface area contributed by atoms with E-state index in [0.717, 1.165) is 5.01 Å². The molecule has 0 saturated carbocycles. The van der Waals surface area contributed by atoms with Gasteiger partial charge in [0, 0.05) is 17.5 Å². The number of nitrogens with one attached hydrogen (secondary N) is 1. The van der Waals surface area contributed by atoms with Gasteiger partial charge < -0.3 is 4.74 Å². The normalized spacial score (nSPS) is 20.2. The van der Waals surface area contributed by atoms with E-state index in [0.29, 0.717) is 0 Å². The molecule has 2 rings (SSSR count). The fourth-order valence-corrected chi connectivity index (χ4v) is 2.57. The van der Waals surface area contributed by atoms with E-state index in [1.165, 1.54) is 25.3 Å². The van der Waals surface area contributed by atoms with Crippen molar-refractivity contribution >= 4 is 5.91 Å². The van der Waals surface area contributed by atoms with E-state index in [1.807, 2.05) is 0 Å². The number of methoxy groups -OCH3 is 1. The van der Waals surface area contributed by atoms with Crippen LogP contribution in [0.15, 0.2) is 24.3 Å². The summed E-state index contributed by atoms with van der Waals surface area (Å²) in [5.41, 5.74) is 1.35. The average Bonchev–Trinajstić information content (AvgIpc) is 2.62. The standard InChI is InChI=1S/C14H17F3N2O2/c1-13(2)8-11(20)18-19(13)12(14(15,16)17)9-6-4-5-7-10(9)21-3/h4-7,12H,8H2,1-3H3,(H,18,20). The van der Waals surface area contributed by atoms with Crippen LogP contribution in [0.3, 0.4) is 0 Å². The molecule has 1 N–H and O–H groups in total. The smallest absolute Gasteiger partial charge is 0.410 e. The number of amides is 1. The van der Waals surface area contributed by atoms with Gasteiger partial charge in [-0.05, 0) is 19.9 Å². The number of rotatable bonds is 3. The molecule has 1 amide bonds. The minimum atomic E-state index is -4.55. The lowest BCUT2D eigenvalue weighted by Gasteiger charge is -2.38. The summed E-state index contributed by atoms with van der Waals surface area (Å²) in [6.45, 7) is 3.19. The predicted octanol–water partition coefficient (Wildman–Crippen LogP) is 2.81. The molecule has 1 aliphatic heterocycles. The van der Waals surface area contributed by atoms with Crippen molar-refractivity contribution in [2.24, 2.45) is 0 Å². The monoisotopic (exact) mass is 302 g/mol. The lowest BCUT2D eigenvalue weighted by molar-refractivity contribution is -0.204. The maximum Gasteiger partial charge on any atom is 0.410 e. The van der Waals surface area contributed by atoms with Gasteiger partial charge in [0.1, 0.15) is 5.75 Å². The maximum absolute atomic E-state index is 13.6. The SMILES string of the molecule is COc1ccccc1C(N1NC(=O)CC1(C)C)C(F)(F)F. The van der Waals surface area contributed by atoms with Gasteiger partial charge in [-0.15, -0.1) is 0 Å². The summed E-state index contributed by atoms with van der Waals surface area (Å²) in [6, 6.07) is 3.98. The van der Waals surface area contributed by atoms with Crippen molar-refractivity contribution in [3.05, 3.63) is 29.8 Å². The van der Waals surface area contributed by atoms with Crippen molar-refractivity contribution in [2.75, 3.05) is 7.11 Å². The minimum Gasteiger partial charge on any atom is -0.496 e. The molecule has 116 valence electrons. The van der Waals surface area contributed by atoms with Crippen molar-refractivity contribution in [3.63, 3.8) is 0 Å². The van der Waals surface area contributed by atoms with Crippen LogP contribution in [0.1, 0.15) is 31.9 Å². The number of ether oxygens (including phenoxy) is 1. The summed E-state index contributed by atoms with van der Waals surface area (Å²) in [5, 5.41) is 0.965. The van der Waals surface area contributed by atoms with Gasteiger partial charge in [-0.1, -0.05) is 18.2 Å². The number of para-hydroxylation sites is 1. The van der Waals surface area contributed by atoms with E-state index in [1.54, 1.807) is 19.9 Å². The van der Waals surface area contributed by atoms with E-state index in [4.69, 9.17) is 4.74 Å². The molecule has 1 atom stereocenters. The Kier molecular flexibility index (Phi) is 3.88. The van der Waals surface area contributed by atoms with Crippen LogP contribution < -0.4 is 10.2 Å². The summed E-state index contributed by atoms with van der Waals surface area (Å²) in [4.78, 5) is 11.5. The second-order valence-corrected chi connectivity index (χ2v) is 5.58. The third-order valence-electron chi connectivity index (χ3n) is 3.49. The zero-order valence-corrected chi connectivity index (χ0v) is 12.0. The van der Waals surface area contributed by atoms with Crippen LogP contribution in [-0.2, 0) is 4.79 Å². The first-order valence-electron chi connectivity index (χ1n) is 6.45. The minimum absolute atomic E-state index is 0.00866. The van der Waals surface area contributed by atoms with Crippen LogP contribution in [0.4, 0.5) is 13.2 Å². The summed E-state index contributed by atoms with van der Waals surface area (Å²) >= 11 is 0. The van der Waals surface area contributed by atoms with Crippen molar-refractivity contribution < 1.29 is 22.7 Å². The van der Waals surface area contributed by atoms with E-state index in [2.05, 4.69) is 5.43 Å². The highest BCUT2D eigenvalue weighted by molar-refractivity contribution is 5.79. The number of alkyl halides is 3. The van der Waals surface area contributed by atoms with Gasteiger partial charge in [0.15, 0.2) is 6.04 Å². The van der Waals surface area contributed by atoms with Gasteiger partial charge in [-0.3, -0.25) is 10.2 Å². The summed E-state index contributed by atoms with van der Waals surface area (Å²) in [7, 11) is 1.32. The Hall–Kier alpha value is -1.76. The van der Waals surface area contributed by atoms with Crippen LogP contribution >= 0.6 is 0 Å². The molecule has 0 aliphatic carbocycles. The summed E-state index contributed by atoms with van der Waals surface area (Å²) in [5.74, 6) is -0.291. The zero-order valence-electron chi connectivity index (χ0n) is 12.0. The molecule has 1 aromatic rings. The zero-order chi connectivity index (χ0) is 15.8. The molecule has 4 nitrogen and oxygen atoms in total. The molecule has 1 saturated heterocycles. The number of hydrazine groups is 1. The number of hydrogen-bond donors (Lipinski definition) is 1. The average molecular weight is 302 g/mol. The molecular weight excluding hydrogens is 285 g/mol. The highest BCUT2D eigenvalue weighted by Crippen LogP contribution is 2.45. The predicted molar refractivity (Wildman–Crippen MR) is 70.5 cm³/mol. The lowest BCUT2D eigenvalue weighted by Crippen LogP contribution is -2.51. The van der Waals surface area contributed by atoms with Gasteiger partial charge in [-0.2, -0.15) is 18.2 Å². The first-order chi connectivity index (χ1) is 9.66.